The van der Waals surface area contributed by atoms with E-state index >= 15 is 0 Å². The van der Waals surface area contributed by atoms with Gasteiger partial charge in [0.05, 0.1) is 5.69 Å². The van der Waals surface area contributed by atoms with Crippen LogP contribution in [0.5, 0.6) is 0 Å². The second kappa shape index (κ2) is 5.41. The lowest BCUT2D eigenvalue weighted by Crippen LogP contribution is -2.32. The van der Waals surface area contributed by atoms with Crippen molar-refractivity contribution >= 4 is 11.7 Å². The van der Waals surface area contributed by atoms with Gasteiger partial charge in [-0.15, -0.1) is 4.68 Å². The van der Waals surface area contributed by atoms with Crippen LogP contribution in [0.25, 0.3) is 5.69 Å². The lowest BCUT2D eigenvalue weighted by molar-refractivity contribution is 0.249. The molecule has 1 aromatic heterocycles. The number of nitrogens with zero attached hydrogens (tertiary/aromatic N) is 4. The maximum Gasteiger partial charge on any atom is 0.377 e. The monoisotopic (exact) mass is 281 g/mol. The Hall–Kier alpha value is -3.22. The largest absolute Gasteiger partial charge is 0.377 e. The molecule has 0 saturated heterocycles. The standard InChI is InChI=1S/C14H11N5O2/c20-13(15-11-7-3-1-4-8-11)19-14(21)18(16-17-19)12-9-5-2-6-10-12/h1-10H,(H,15,20). The predicted molar refractivity (Wildman–Crippen MR) is 76.5 cm³/mol. The molecular formula is C14H11N5O2. The number of tetrazole rings is 1. The maximum absolute atomic E-state index is 12.1. The van der Waals surface area contributed by atoms with Crippen molar-refractivity contribution in [1.82, 2.24) is 19.8 Å². The Morgan fingerprint density at radius 2 is 1.52 bits per heavy atom. The van der Waals surface area contributed by atoms with Gasteiger partial charge >= 0.3 is 11.7 Å². The van der Waals surface area contributed by atoms with Crippen molar-refractivity contribution in [3.05, 3.63) is 71.1 Å². The Bertz CT molecular complexity index is 808. The SMILES string of the molecule is O=C(Nc1ccccc1)n1nnn(-c2ccccc2)c1=O. The number of benzene rings is 2. The minimum absolute atomic E-state index is 0.543. The second-order valence-electron chi connectivity index (χ2n) is 4.22. The van der Waals surface area contributed by atoms with Crippen LogP contribution < -0.4 is 11.0 Å². The summed E-state index contributed by atoms with van der Waals surface area (Å²) in [4.78, 5) is 24.2. The van der Waals surface area contributed by atoms with E-state index in [-0.39, 0.29) is 0 Å². The van der Waals surface area contributed by atoms with Gasteiger partial charge in [0.15, 0.2) is 0 Å². The van der Waals surface area contributed by atoms with E-state index in [2.05, 4.69) is 15.7 Å². The first-order chi connectivity index (χ1) is 10.3. The summed E-state index contributed by atoms with van der Waals surface area (Å²) in [6.45, 7) is 0. The van der Waals surface area contributed by atoms with Crippen LogP contribution in [0.3, 0.4) is 0 Å². The first-order valence-corrected chi connectivity index (χ1v) is 6.22. The average molecular weight is 281 g/mol. The number of aromatic nitrogens is 4. The minimum atomic E-state index is -0.659. The summed E-state index contributed by atoms with van der Waals surface area (Å²) < 4.78 is 1.74. The molecule has 3 aromatic rings. The number of hydrogen-bond donors (Lipinski definition) is 1. The highest BCUT2D eigenvalue weighted by atomic mass is 16.2. The van der Waals surface area contributed by atoms with Crippen LogP contribution in [0.2, 0.25) is 0 Å². The predicted octanol–water partition coefficient (Wildman–Crippen LogP) is 1.51. The van der Waals surface area contributed by atoms with Crippen molar-refractivity contribution in [3.8, 4) is 5.69 Å². The summed E-state index contributed by atoms with van der Waals surface area (Å²) in [6, 6.07) is 16.9. The van der Waals surface area contributed by atoms with Crippen molar-refractivity contribution in [2.24, 2.45) is 0 Å². The number of carbonyl (C=O) groups is 1. The fourth-order valence-electron chi connectivity index (χ4n) is 1.80. The third kappa shape index (κ3) is 2.57. The average Bonchev–Trinajstić information content (AvgIpc) is 2.91. The maximum atomic E-state index is 12.1. The smallest absolute Gasteiger partial charge is 0.306 e. The van der Waals surface area contributed by atoms with E-state index < -0.39 is 11.7 Å². The van der Waals surface area contributed by atoms with E-state index in [1.807, 2.05) is 12.1 Å². The molecule has 21 heavy (non-hydrogen) atoms. The van der Waals surface area contributed by atoms with Gasteiger partial charge in [-0.1, -0.05) is 36.4 Å². The first-order valence-electron chi connectivity index (χ1n) is 6.22. The molecule has 0 fully saturated rings. The van der Waals surface area contributed by atoms with E-state index in [9.17, 15) is 9.59 Å². The molecule has 0 aliphatic heterocycles. The summed E-state index contributed by atoms with van der Waals surface area (Å²) in [5.74, 6) is 0. The van der Waals surface area contributed by atoms with Gasteiger partial charge in [0.1, 0.15) is 0 Å². The third-order valence-electron chi connectivity index (χ3n) is 2.80. The van der Waals surface area contributed by atoms with Crippen LogP contribution >= 0.6 is 0 Å². The van der Waals surface area contributed by atoms with Crippen LogP contribution in [-0.4, -0.2) is 25.8 Å². The molecule has 0 radical (unpaired) electrons. The van der Waals surface area contributed by atoms with E-state index in [4.69, 9.17) is 0 Å². The third-order valence-corrected chi connectivity index (χ3v) is 2.80. The van der Waals surface area contributed by atoms with Gasteiger partial charge in [-0.25, -0.2) is 9.59 Å². The van der Waals surface area contributed by atoms with Crippen LogP contribution in [0.15, 0.2) is 65.5 Å². The van der Waals surface area contributed by atoms with E-state index in [0.717, 1.165) is 4.68 Å². The molecule has 104 valence electrons. The van der Waals surface area contributed by atoms with Crippen molar-refractivity contribution in [1.29, 1.82) is 0 Å². The molecule has 0 aliphatic rings. The molecule has 1 N–H and O–H groups in total. The molecule has 2 aromatic carbocycles. The van der Waals surface area contributed by atoms with Crippen molar-refractivity contribution in [2.75, 3.05) is 5.32 Å². The van der Waals surface area contributed by atoms with Gasteiger partial charge in [-0.05, 0) is 34.7 Å². The molecule has 7 nitrogen and oxygen atoms in total. The van der Waals surface area contributed by atoms with Gasteiger partial charge in [-0.2, -0.15) is 4.68 Å². The van der Waals surface area contributed by atoms with Crippen molar-refractivity contribution < 1.29 is 4.79 Å². The summed E-state index contributed by atoms with van der Waals surface area (Å²) in [6.07, 6.45) is 0. The molecule has 0 atom stereocenters. The Morgan fingerprint density at radius 1 is 0.905 bits per heavy atom. The van der Waals surface area contributed by atoms with Gasteiger partial charge < -0.3 is 5.32 Å². The zero-order valence-corrected chi connectivity index (χ0v) is 10.9. The van der Waals surface area contributed by atoms with Crippen LogP contribution in [0.1, 0.15) is 0 Å². The quantitative estimate of drug-likeness (QED) is 0.722. The molecule has 0 bridgehead atoms. The zero-order chi connectivity index (χ0) is 14.7. The van der Waals surface area contributed by atoms with Gasteiger partial charge in [-0.3, -0.25) is 0 Å². The Labute approximate surface area is 119 Å². The highest BCUT2D eigenvalue weighted by Crippen LogP contribution is 2.05. The van der Waals surface area contributed by atoms with E-state index in [0.29, 0.717) is 16.1 Å². The van der Waals surface area contributed by atoms with E-state index in [1.165, 1.54) is 0 Å². The summed E-state index contributed by atoms with van der Waals surface area (Å²) in [5.41, 5.74) is 0.486. The number of anilines is 1. The number of carbonyl (C=O) groups excluding carboxylic acids is 1. The first kappa shape index (κ1) is 12.8. The fourth-order valence-corrected chi connectivity index (χ4v) is 1.80. The van der Waals surface area contributed by atoms with Crippen LogP contribution in [-0.2, 0) is 0 Å². The molecule has 0 aliphatic carbocycles. The molecule has 7 heteroatoms. The summed E-state index contributed by atoms with van der Waals surface area (Å²) >= 11 is 0. The number of amides is 1. The van der Waals surface area contributed by atoms with E-state index in [1.54, 1.807) is 48.5 Å². The molecule has 0 unspecified atom stereocenters. The van der Waals surface area contributed by atoms with Gasteiger partial charge in [0.2, 0.25) is 0 Å². The summed E-state index contributed by atoms with van der Waals surface area (Å²) in [5, 5.41) is 9.87. The van der Waals surface area contributed by atoms with Gasteiger partial charge in [0.25, 0.3) is 0 Å². The molecule has 3 rings (SSSR count). The zero-order valence-electron chi connectivity index (χ0n) is 10.9. The van der Waals surface area contributed by atoms with Crippen LogP contribution in [0, 0.1) is 0 Å². The molecular weight excluding hydrogens is 270 g/mol. The number of para-hydroxylation sites is 2. The molecule has 1 amide bonds. The topological polar surface area (TPSA) is 81.8 Å². The Morgan fingerprint density at radius 3 is 2.19 bits per heavy atom. The van der Waals surface area contributed by atoms with Crippen molar-refractivity contribution in [3.63, 3.8) is 0 Å². The second-order valence-corrected chi connectivity index (χ2v) is 4.22. The normalized spacial score (nSPS) is 10.3. The highest BCUT2D eigenvalue weighted by molar-refractivity contribution is 5.90. The highest BCUT2D eigenvalue weighted by Gasteiger charge is 2.15. The number of hydrogen-bond acceptors (Lipinski definition) is 4. The van der Waals surface area contributed by atoms with Crippen LogP contribution in [0.4, 0.5) is 10.5 Å². The Kier molecular flexibility index (Phi) is 3.30. The molecule has 1 heterocycles. The number of rotatable bonds is 2. The lowest BCUT2D eigenvalue weighted by atomic mass is 10.3. The number of nitrogens with one attached hydrogen (secondary N) is 1. The lowest BCUT2D eigenvalue weighted by Gasteiger charge is -2.02. The van der Waals surface area contributed by atoms with Gasteiger partial charge in [0, 0.05) is 5.69 Å². The minimum Gasteiger partial charge on any atom is -0.306 e. The summed E-state index contributed by atoms with van der Waals surface area (Å²) in [7, 11) is 0. The molecule has 0 spiro atoms. The Balaban J connectivity index is 1.89. The fraction of sp³-hybridized carbons (Fsp3) is 0. The molecule has 0 saturated carbocycles. The van der Waals surface area contributed by atoms with Crippen molar-refractivity contribution in [2.45, 2.75) is 0 Å².